The summed E-state index contributed by atoms with van der Waals surface area (Å²) in [6.45, 7) is 1.81. The standard InChI is InChI=1S/C26H21ClN2O7S/c1-15-2-4-19(9-20(15)27)37(31,32)29(11-16-3-5-22-23(6-16)34-13-33-22)12-18-7-17-8-24-25(36-14-35-24)10-21(17)28-26(18)30/h2-10H,11-14H2,1H3,(H,28,30). The number of benzene rings is 3. The van der Waals surface area contributed by atoms with Crippen molar-refractivity contribution in [2.45, 2.75) is 24.9 Å². The van der Waals surface area contributed by atoms with Gasteiger partial charge in [0.25, 0.3) is 5.56 Å². The lowest BCUT2D eigenvalue weighted by Gasteiger charge is -2.23. The van der Waals surface area contributed by atoms with Gasteiger partial charge in [-0.15, -0.1) is 0 Å². The Morgan fingerprint density at radius 3 is 2.32 bits per heavy atom. The second kappa shape index (κ2) is 8.98. The van der Waals surface area contributed by atoms with Gasteiger partial charge in [-0.3, -0.25) is 4.79 Å². The second-order valence-electron chi connectivity index (χ2n) is 8.79. The fraction of sp³-hybridized carbons (Fsp3) is 0.192. The minimum Gasteiger partial charge on any atom is -0.454 e. The molecule has 0 fully saturated rings. The number of aromatic nitrogens is 1. The second-order valence-corrected chi connectivity index (χ2v) is 11.1. The van der Waals surface area contributed by atoms with E-state index < -0.39 is 15.6 Å². The molecule has 3 heterocycles. The largest absolute Gasteiger partial charge is 0.454 e. The van der Waals surface area contributed by atoms with Crippen molar-refractivity contribution >= 4 is 32.5 Å². The highest BCUT2D eigenvalue weighted by Gasteiger charge is 2.28. The summed E-state index contributed by atoms with van der Waals surface area (Å²) in [6, 6.07) is 14.9. The van der Waals surface area contributed by atoms with Crippen molar-refractivity contribution < 1.29 is 27.4 Å². The number of aryl methyl sites for hydroxylation is 1. The van der Waals surface area contributed by atoms with E-state index in [9.17, 15) is 13.2 Å². The van der Waals surface area contributed by atoms with Crippen LogP contribution in [0.3, 0.4) is 0 Å². The zero-order chi connectivity index (χ0) is 25.7. The highest BCUT2D eigenvalue weighted by Crippen LogP contribution is 2.36. The van der Waals surface area contributed by atoms with Crippen molar-refractivity contribution in [3.05, 3.63) is 86.7 Å². The van der Waals surface area contributed by atoms with E-state index in [0.717, 1.165) is 5.56 Å². The molecule has 0 saturated heterocycles. The molecule has 37 heavy (non-hydrogen) atoms. The van der Waals surface area contributed by atoms with Crippen LogP contribution in [0.5, 0.6) is 23.0 Å². The predicted octanol–water partition coefficient (Wildman–Crippen LogP) is 4.34. The van der Waals surface area contributed by atoms with Gasteiger partial charge in [0.15, 0.2) is 23.0 Å². The van der Waals surface area contributed by atoms with Crippen LogP contribution in [0, 0.1) is 6.92 Å². The molecule has 0 aliphatic carbocycles. The lowest BCUT2D eigenvalue weighted by Crippen LogP contribution is -2.32. The number of nitrogens with one attached hydrogen (secondary N) is 1. The number of ether oxygens (including phenoxy) is 4. The third-order valence-corrected chi connectivity index (χ3v) is 8.53. The van der Waals surface area contributed by atoms with Gasteiger partial charge in [-0.25, -0.2) is 8.42 Å². The Bertz CT molecular complexity index is 1720. The topological polar surface area (TPSA) is 107 Å². The molecule has 0 atom stereocenters. The Kier molecular flexibility index (Phi) is 5.74. The van der Waals surface area contributed by atoms with Crippen LogP contribution in [-0.4, -0.2) is 31.3 Å². The summed E-state index contributed by atoms with van der Waals surface area (Å²) in [7, 11) is -4.05. The zero-order valence-corrected chi connectivity index (χ0v) is 21.2. The normalized spacial score (nSPS) is 14.0. The number of rotatable bonds is 6. The van der Waals surface area contributed by atoms with Crippen LogP contribution in [0.1, 0.15) is 16.7 Å². The van der Waals surface area contributed by atoms with Gasteiger partial charge < -0.3 is 23.9 Å². The molecule has 4 aromatic rings. The first-order chi connectivity index (χ1) is 17.8. The maximum absolute atomic E-state index is 13.8. The number of aromatic amines is 1. The Morgan fingerprint density at radius 2 is 1.57 bits per heavy atom. The molecule has 3 aromatic carbocycles. The van der Waals surface area contributed by atoms with Crippen LogP contribution >= 0.6 is 11.6 Å². The summed E-state index contributed by atoms with van der Waals surface area (Å²) in [4.78, 5) is 15.9. The SMILES string of the molecule is Cc1ccc(S(=O)(=O)N(Cc2ccc3c(c2)OCO3)Cc2cc3cc4c(cc3[nH]c2=O)OCO4)cc1Cl. The number of hydrogen-bond acceptors (Lipinski definition) is 7. The molecule has 0 amide bonds. The summed E-state index contributed by atoms with van der Waals surface area (Å²) < 4.78 is 50.6. The van der Waals surface area contributed by atoms with Gasteiger partial charge in [-0.2, -0.15) is 4.31 Å². The molecule has 11 heteroatoms. The van der Waals surface area contributed by atoms with E-state index in [1.165, 1.54) is 16.4 Å². The molecule has 2 aliphatic rings. The number of pyridine rings is 1. The van der Waals surface area contributed by atoms with Gasteiger partial charge in [0, 0.05) is 35.1 Å². The van der Waals surface area contributed by atoms with E-state index >= 15 is 0 Å². The number of fused-ring (bicyclic) bond motifs is 3. The first kappa shape index (κ1) is 23.7. The molecule has 0 spiro atoms. The van der Waals surface area contributed by atoms with Crippen molar-refractivity contribution in [1.82, 2.24) is 9.29 Å². The van der Waals surface area contributed by atoms with E-state index in [4.69, 9.17) is 30.5 Å². The van der Waals surface area contributed by atoms with Gasteiger partial charge >= 0.3 is 0 Å². The molecule has 6 rings (SSSR count). The fourth-order valence-electron chi connectivity index (χ4n) is 4.30. The maximum atomic E-state index is 13.8. The summed E-state index contributed by atoms with van der Waals surface area (Å²) >= 11 is 6.26. The highest BCUT2D eigenvalue weighted by atomic mass is 35.5. The molecule has 9 nitrogen and oxygen atoms in total. The Labute approximate surface area is 217 Å². The van der Waals surface area contributed by atoms with E-state index in [0.29, 0.717) is 44.5 Å². The number of halogens is 1. The smallest absolute Gasteiger partial charge is 0.252 e. The third kappa shape index (κ3) is 4.37. The van der Waals surface area contributed by atoms with Gasteiger partial charge in [-0.05, 0) is 54.4 Å². The van der Waals surface area contributed by atoms with Crippen molar-refractivity contribution in [2.24, 2.45) is 0 Å². The minimum atomic E-state index is -4.05. The van der Waals surface area contributed by atoms with E-state index in [1.807, 2.05) is 0 Å². The molecule has 0 bridgehead atoms. The average molecular weight is 541 g/mol. The van der Waals surface area contributed by atoms with Crippen LogP contribution < -0.4 is 24.5 Å². The Balaban J connectivity index is 1.41. The van der Waals surface area contributed by atoms with Gasteiger partial charge in [0.1, 0.15) is 0 Å². The van der Waals surface area contributed by atoms with Gasteiger partial charge in [0.2, 0.25) is 23.6 Å². The summed E-state index contributed by atoms with van der Waals surface area (Å²) in [5.74, 6) is 2.23. The number of sulfonamides is 1. The molecule has 2 aliphatic heterocycles. The summed E-state index contributed by atoms with van der Waals surface area (Å²) in [5.41, 5.74) is 1.86. The first-order valence-corrected chi connectivity index (χ1v) is 13.2. The highest BCUT2D eigenvalue weighted by molar-refractivity contribution is 7.89. The van der Waals surface area contributed by atoms with Gasteiger partial charge in [-0.1, -0.05) is 23.7 Å². The minimum absolute atomic E-state index is 0.0108. The first-order valence-electron chi connectivity index (χ1n) is 11.4. The van der Waals surface area contributed by atoms with Crippen molar-refractivity contribution in [2.75, 3.05) is 13.6 Å². The number of H-pyrrole nitrogens is 1. The van der Waals surface area contributed by atoms with Crippen LogP contribution in [0.4, 0.5) is 0 Å². The number of nitrogens with zero attached hydrogens (tertiary/aromatic N) is 1. The lowest BCUT2D eigenvalue weighted by atomic mass is 10.1. The summed E-state index contributed by atoms with van der Waals surface area (Å²) in [5, 5.41) is 1.03. The molecule has 0 radical (unpaired) electrons. The Hall–Kier alpha value is -3.73. The van der Waals surface area contributed by atoms with Crippen molar-refractivity contribution in [1.29, 1.82) is 0 Å². The van der Waals surface area contributed by atoms with Crippen LogP contribution in [0.15, 0.2) is 64.3 Å². The van der Waals surface area contributed by atoms with Crippen LogP contribution in [0.2, 0.25) is 5.02 Å². The van der Waals surface area contributed by atoms with Crippen LogP contribution in [-0.2, 0) is 23.1 Å². The molecular weight excluding hydrogens is 520 g/mol. The zero-order valence-electron chi connectivity index (χ0n) is 19.6. The lowest BCUT2D eigenvalue weighted by molar-refractivity contribution is 0.173. The van der Waals surface area contributed by atoms with Crippen molar-refractivity contribution in [3.63, 3.8) is 0 Å². The maximum Gasteiger partial charge on any atom is 0.252 e. The molecule has 1 aromatic heterocycles. The van der Waals surface area contributed by atoms with E-state index in [-0.39, 0.29) is 37.1 Å². The molecule has 0 saturated carbocycles. The molecular formula is C26H21ClN2O7S. The van der Waals surface area contributed by atoms with Gasteiger partial charge in [0.05, 0.1) is 10.4 Å². The predicted molar refractivity (Wildman–Crippen MR) is 136 cm³/mol. The fourth-order valence-corrected chi connectivity index (χ4v) is 5.98. The molecule has 190 valence electrons. The quantitative estimate of drug-likeness (QED) is 0.387. The van der Waals surface area contributed by atoms with Crippen LogP contribution in [0.25, 0.3) is 10.9 Å². The third-order valence-electron chi connectivity index (χ3n) is 6.34. The Morgan fingerprint density at radius 1 is 0.865 bits per heavy atom. The molecule has 0 unspecified atom stereocenters. The van der Waals surface area contributed by atoms with E-state index in [1.54, 1.807) is 49.4 Å². The van der Waals surface area contributed by atoms with E-state index in [2.05, 4.69) is 4.98 Å². The monoisotopic (exact) mass is 540 g/mol. The molecule has 1 N–H and O–H groups in total. The van der Waals surface area contributed by atoms with Crippen molar-refractivity contribution in [3.8, 4) is 23.0 Å². The number of hydrogen-bond donors (Lipinski definition) is 1. The average Bonchev–Trinajstić information content (AvgIpc) is 3.53. The summed E-state index contributed by atoms with van der Waals surface area (Å²) in [6.07, 6.45) is 0.